The van der Waals surface area contributed by atoms with Gasteiger partial charge in [0, 0.05) is 42.0 Å². The van der Waals surface area contributed by atoms with E-state index < -0.39 is 0 Å². The molecule has 0 saturated carbocycles. The van der Waals surface area contributed by atoms with Crippen molar-refractivity contribution in [3.8, 4) is 10.6 Å². The van der Waals surface area contributed by atoms with Gasteiger partial charge in [-0.3, -0.25) is 9.59 Å². The molecule has 1 aliphatic heterocycles. The number of hydrogen-bond acceptors (Lipinski definition) is 5. The molecule has 2 amide bonds. The van der Waals surface area contributed by atoms with E-state index in [1.807, 2.05) is 60.5 Å². The monoisotopic (exact) mass is 411 g/mol. The van der Waals surface area contributed by atoms with E-state index in [0.29, 0.717) is 31.9 Å². The first kappa shape index (κ1) is 18.8. The highest BCUT2D eigenvalue weighted by Crippen LogP contribution is 2.25. The van der Waals surface area contributed by atoms with Gasteiger partial charge in [-0.05, 0) is 26.0 Å². The van der Waals surface area contributed by atoms with Crippen LogP contribution in [-0.4, -0.2) is 52.8 Å². The number of rotatable bonds is 3. The van der Waals surface area contributed by atoms with E-state index in [1.54, 1.807) is 4.90 Å². The average Bonchev–Trinajstić information content (AvgIpc) is 3.37. The van der Waals surface area contributed by atoms with Crippen molar-refractivity contribution < 1.29 is 9.59 Å². The molecule has 3 heterocycles. The number of carbonyl (C=O) groups excluding carboxylic acids is 2. The first-order chi connectivity index (χ1) is 13.5. The van der Waals surface area contributed by atoms with Gasteiger partial charge in [-0.1, -0.05) is 29.8 Å². The highest BCUT2D eigenvalue weighted by molar-refractivity contribution is 7.14. The maximum Gasteiger partial charge on any atom is 0.273 e. The summed E-state index contributed by atoms with van der Waals surface area (Å²) in [5, 5.41) is 2.67. The molecule has 1 fully saturated rings. The van der Waals surface area contributed by atoms with E-state index in [0.717, 1.165) is 20.3 Å². The highest BCUT2D eigenvalue weighted by Gasteiger charge is 2.27. The van der Waals surface area contributed by atoms with E-state index in [2.05, 4.69) is 4.98 Å². The third kappa shape index (κ3) is 3.86. The third-order valence-electron chi connectivity index (χ3n) is 4.83. The molecule has 5 nitrogen and oxygen atoms in total. The molecular formula is C21H21N3O2S2. The fraction of sp³-hybridized carbons (Fsp3) is 0.286. The van der Waals surface area contributed by atoms with Crippen LogP contribution in [0, 0.1) is 13.8 Å². The van der Waals surface area contributed by atoms with Crippen molar-refractivity contribution in [3.63, 3.8) is 0 Å². The second-order valence-electron chi connectivity index (χ2n) is 6.90. The maximum absolute atomic E-state index is 12.8. The topological polar surface area (TPSA) is 53.5 Å². The van der Waals surface area contributed by atoms with Crippen molar-refractivity contribution >= 4 is 34.5 Å². The van der Waals surface area contributed by atoms with Gasteiger partial charge >= 0.3 is 0 Å². The van der Waals surface area contributed by atoms with Gasteiger partial charge in [-0.2, -0.15) is 0 Å². The van der Waals surface area contributed by atoms with Crippen molar-refractivity contribution in [2.24, 2.45) is 0 Å². The van der Waals surface area contributed by atoms with E-state index in [9.17, 15) is 9.59 Å². The Balaban J connectivity index is 1.39. The minimum Gasteiger partial charge on any atom is -0.334 e. The van der Waals surface area contributed by atoms with Crippen LogP contribution in [0.15, 0.2) is 41.8 Å². The highest BCUT2D eigenvalue weighted by atomic mass is 32.1. The van der Waals surface area contributed by atoms with Gasteiger partial charge in [-0.15, -0.1) is 22.7 Å². The van der Waals surface area contributed by atoms with Gasteiger partial charge in [0.05, 0.1) is 4.88 Å². The van der Waals surface area contributed by atoms with Crippen LogP contribution in [0.5, 0.6) is 0 Å². The number of carbonyl (C=O) groups is 2. The van der Waals surface area contributed by atoms with Gasteiger partial charge in [0.15, 0.2) is 0 Å². The number of thiazole rings is 1. The average molecular weight is 412 g/mol. The SMILES string of the molecule is Cc1ccc(-c2nc(C(=O)N3CCN(C(=O)c4ccc(C)s4)CC3)cs2)cc1. The van der Waals surface area contributed by atoms with Crippen LogP contribution in [0.1, 0.15) is 30.6 Å². The van der Waals surface area contributed by atoms with Crippen molar-refractivity contribution in [1.82, 2.24) is 14.8 Å². The molecule has 28 heavy (non-hydrogen) atoms. The minimum atomic E-state index is -0.0614. The molecule has 0 radical (unpaired) electrons. The third-order valence-corrected chi connectivity index (χ3v) is 6.71. The summed E-state index contributed by atoms with van der Waals surface area (Å²) in [5.74, 6) is -0.00538. The summed E-state index contributed by atoms with van der Waals surface area (Å²) in [6.07, 6.45) is 0. The molecule has 0 bridgehead atoms. The standard InChI is InChI=1S/C21H21N3O2S2/c1-14-3-6-16(7-4-14)19-22-17(13-27-19)20(25)23-9-11-24(12-10-23)21(26)18-8-5-15(2)28-18/h3-8,13H,9-12H2,1-2H3. The number of hydrogen-bond donors (Lipinski definition) is 0. The fourth-order valence-corrected chi connectivity index (χ4v) is 4.82. The molecule has 144 valence electrons. The number of thiophene rings is 1. The number of nitrogens with zero attached hydrogens (tertiary/aromatic N) is 3. The predicted octanol–water partition coefficient (Wildman–Crippen LogP) is 4.09. The number of piperazine rings is 1. The summed E-state index contributed by atoms with van der Waals surface area (Å²) >= 11 is 3.00. The zero-order valence-electron chi connectivity index (χ0n) is 15.8. The summed E-state index contributed by atoms with van der Waals surface area (Å²) in [5.41, 5.74) is 2.70. The second-order valence-corrected chi connectivity index (χ2v) is 9.04. The molecule has 0 unspecified atom stereocenters. The Morgan fingerprint density at radius 1 is 0.893 bits per heavy atom. The quantitative estimate of drug-likeness (QED) is 0.652. The van der Waals surface area contributed by atoms with Crippen molar-refractivity contribution in [1.29, 1.82) is 0 Å². The molecule has 0 aliphatic carbocycles. The first-order valence-corrected chi connectivity index (χ1v) is 10.9. The number of amides is 2. The Morgan fingerprint density at radius 3 is 2.14 bits per heavy atom. The molecule has 3 aromatic rings. The molecule has 1 aliphatic rings. The van der Waals surface area contributed by atoms with Gasteiger partial charge in [-0.25, -0.2) is 4.98 Å². The van der Waals surface area contributed by atoms with Crippen molar-refractivity contribution in [3.05, 3.63) is 62.8 Å². The van der Waals surface area contributed by atoms with Crippen LogP contribution in [-0.2, 0) is 0 Å². The van der Waals surface area contributed by atoms with Gasteiger partial charge in [0.1, 0.15) is 10.7 Å². The lowest BCUT2D eigenvalue weighted by molar-refractivity contribution is 0.0535. The molecule has 1 aromatic carbocycles. The van der Waals surface area contributed by atoms with Gasteiger partial charge in [0.25, 0.3) is 11.8 Å². The molecule has 7 heteroatoms. The van der Waals surface area contributed by atoms with Gasteiger partial charge in [0.2, 0.25) is 0 Å². The number of aryl methyl sites for hydroxylation is 2. The Bertz CT molecular complexity index is 999. The molecular weight excluding hydrogens is 390 g/mol. The van der Waals surface area contributed by atoms with Crippen molar-refractivity contribution in [2.45, 2.75) is 13.8 Å². The molecule has 0 spiro atoms. The summed E-state index contributed by atoms with van der Waals surface area (Å²) in [6.45, 7) is 6.22. The molecule has 1 saturated heterocycles. The lowest BCUT2D eigenvalue weighted by atomic mass is 10.2. The smallest absolute Gasteiger partial charge is 0.273 e. The lowest BCUT2D eigenvalue weighted by Crippen LogP contribution is -2.50. The summed E-state index contributed by atoms with van der Waals surface area (Å²) in [7, 11) is 0. The van der Waals surface area contributed by atoms with Crippen LogP contribution < -0.4 is 0 Å². The Morgan fingerprint density at radius 2 is 1.54 bits per heavy atom. The summed E-state index contributed by atoms with van der Waals surface area (Å²) < 4.78 is 0. The number of aromatic nitrogens is 1. The molecule has 0 atom stereocenters. The molecule has 2 aromatic heterocycles. The largest absolute Gasteiger partial charge is 0.334 e. The van der Waals surface area contributed by atoms with E-state index >= 15 is 0 Å². The summed E-state index contributed by atoms with van der Waals surface area (Å²) in [4.78, 5) is 35.4. The first-order valence-electron chi connectivity index (χ1n) is 9.19. The van der Waals surface area contributed by atoms with E-state index in [4.69, 9.17) is 0 Å². The fourth-order valence-electron chi connectivity index (χ4n) is 3.18. The van der Waals surface area contributed by atoms with Crippen LogP contribution in [0.4, 0.5) is 0 Å². The Labute approximate surface area is 172 Å². The zero-order valence-corrected chi connectivity index (χ0v) is 17.5. The maximum atomic E-state index is 12.8. The minimum absolute atomic E-state index is 0.0560. The zero-order chi connectivity index (χ0) is 19.7. The second kappa shape index (κ2) is 7.85. The van der Waals surface area contributed by atoms with Crippen LogP contribution in [0.2, 0.25) is 0 Å². The van der Waals surface area contributed by atoms with Crippen molar-refractivity contribution in [2.75, 3.05) is 26.2 Å². The number of benzene rings is 1. The van der Waals surface area contributed by atoms with Crippen LogP contribution >= 0.6 is 22.7 Å². The summed E-state index contributed by atoms with van der Waals surface area (Å²) in [6, 6.07) is 12.0. The molecule has 4 rings (SSSR count). The van der Waals surface area contributed by atoms with Crippen LogP contribution in [0.3, 0.4) is 0 Å². The Hall–Kier alpha value is -2.51. The van der Waals surface area contributed by atoms with Gasteiger partial charge < -0.3 is 9.80 Å². The molecule has 0 N–H and O–H groups in total. The van der Waals surface area contributed by atoms with Crippen LogP contribution in [0.25, 0.3) is 10.6 Å². The lowest BCUT2D eigenvalue weighted by Gasteiger charge is -2.34. The Kier molecular flexibility index (Phi) is 5.28. The van der Waals surface area contributed by atoms with E-state index in [1.165, 1.54) is 28.2 Å². The normalized spacial score (nSPS) is 14.4. The van der Waals surface area contributed by atoms with E-state index in [-0.39, 0.29) is 11.8 Å². The predicted molar refractivity (Wildman–Crippen MR) is 113 cm³/mol.